The molecule has 0 aliphatic heterocycles. The molecule has 1 aromatic carbocycles. The summed E-state index contributed by atoms with van der Waals surface area (Å²) < 4.78 is 0. The largest absolute Gasteiger partial charge is 0.347 e. The van der Waals surface area contributed by atoms with Crippen molar-refractivity contribution in [1.29, 1.82) is 0 Å². The van der Waals surface area contributed by atoms with Gasteiger partial charge in [-0.2, -0.15) is 0 Å². The van der Waals surface area contributed by atoms with Gasteiger partial charge in [0.2, 0.25) is 0 Å². The van der Waals surface area contributed by atoms with Gasteiger partial charge in [-0.1, -0.05) is 18.2 Å². The van der Waals surface area contributed by atoms with Crippen LogP contribution < -0.4 is 5.32 Å². The van der Waals surface area contributed by atoms with Crippen molar-refractivity contribution in [3.8, 4) is 0 Å². The van der Waals surface area contributed by atoms with Crippen LogP contribution in [-0.2, 0) is 0 Å². The van der Waals surface area contributed by atoms with Crippen LogP contribution in [0.4, 0.5) is 0 Å². The third kappa shape index (κ3) is 3.98. The Bertz CT molecular complexity index is 361. The zero-order valence-corrected chi connectivity index (χ0v) is 9.99. The SMILES string of the molecule is C=C(Cl)CNC(=O)c1ccc(SC)cc1. The summed E-state index contributed by atoms with van der Waals surface area (Å²) in [7, 11) is 0. The van der Waals surface area contributed by atoms with Gasteiger partial charge in [-0.05, 0) is 30.5 Å². The third-order valence-corrected chi connectivity index (χ3v) is 2.67. The number of thioether (sulfide) groups is 1. The topological polar surface area (TPSA) is 29.1 Å². The molecule has 0 aromatic heterocycles. The van der Waals surface area contributed by atoms with E-state index in [9.17, 15) is 4.79 Å². The molecule has 1 N–H and O–H groups in total. The molecule has 0 bridgehead atoms. The number of benzene rings is 1. The van der Waals surface area contributed by atoms with Crippen molar-refractivity contribution in [2.75, 3.05) is 12.8 Å². The first-order chi connectivity index (χ1) is 7.13. The zero-order chi connectivity index (χ0) is 11.3. The van der Waals surface area contributed by atoms with E-state index in [1.54, 1.807) is 23.9 Å². The van der Waals surface area contributed by atoms with Gasteiger partial charge in [0.1, 0.15) is 0 Å². The number of amides is 1. The number of carbonyl (C=O) groups excluding carboxylic acids is 1. The van der Waals surface area contributed by atoms with E-state index in [0.29, 0.717) is 17.1 Å². The highest BCUT2D eigenvalue weighted by Crippen LogP contribution is 2.14. The smallest absolute Gasteiger partial charge is 0.251 e. The molecule has 0 saturated carbocycles. The van der Waals surface area contributed by atoms with Gasteiger partial charge in [0.25, 0.3) is 5.91 Å². The minimum Gasteiger partial charge on any atom is -0.347 e. The standard InChI is InChI=1S/C11H12ClNOS/c1-8(12)7-13-11(14)9-3-5-10(15-2)6-4-9/h3-6H,1,7H2,2H3,(H,13,14). The molecule has 0 unspecified atom stereocenters. The van der Waals surface area contributed by atoms with Gasteiger partial charge in [0.15, 0.2) is 0 Å². The van der Waals surface area contributed by atoms with Crippen LogP contribution >= 0.6 is 23.4 Å². The van der Waals surface area contributed by atoms with Crippen molar-refractivity contribution in [3.63, 3.8) is 0 Å². The molecule has 1 rings (SSSR count). The fourth-order valence-electron chi connectivity index (χ4n) is 1.02. The Kier molecular flexibility index (Phi) is 4.72. The van der Waals surface area contributed by atoms with Crippen LogP contribution in [0.3, 0.4) is 0 Å². The second kappa shape index (κ2) is 5.83. The first kappa shape index (κ1) is 12.1. The number of halogens is 1. The minimum atomic E-state index is -0.135. The summed E-state index contributed by atoms with van der Waals surface area (Å²) >= 11 is 7.19. The van der Waals surface area contributed by atoms with E-state index < -0.39 is 0 Å². The highest BCUT2D eigenvalue weighted by Gasteiger charge is 2.04. The number of nitrogens with one attached hydrogen (secondary N) is 1. The maximum absolute atomic E-state index is 11.5. The lowest BCUT2D eigenvalue weighted by molar-refractivity contribution is 0.0957. The summed E-state index contributed by atoms with van der Waals surface area (Å²) in [6, 6.07) is 7.40. The predicted molar refractivity (Wildman–Crippen MR) is 65.5 cm³/mol. The van der Waals surface area contributed by atoms with Crippen molar-refractivity contribution in [2.45, 2.75) is 4.90 Å². The first-order valence-corrected chi connectivity index (χ1v) is 5.99. The van der Waals surface area contributed by atoms with Crippen LogP contribution in [0.2, 0.25) is 0 Å². The average Bonchev–Trinajstić information content (AvgIpc) is 2.26. The lowest BCUT2D eigenvalue weighted by atomic mass is 10.2. The molecule has 0 radical (unpaired) electrons. The number of hydrogen-bond donors (Lipinski definition) is 1. The molecule has 2 nitrogen and oxygen atoms in total. The molecule has 80 valence electrons. The molecule has 0 aliphatic carbocycles. The molecule has 4 heteroatoms. The molecule has 0 spiro atoms. The summed E-state index contributed by atoms with van der Waals surface area (Å²) in [5, 5.41) is 3.08. The van der Waals surface area contributed by atoms with Crippen LogP contribution in [0.25, 0.3) is 0 Å². The summed E-state index contributed by atoms with van der Waals surface area (Å²) in [6.45, 7) is 3.79. The van der Waals surface area contributed by atoms with E-state index in [2.05, 4.69) is 11.9 Å². The summed E-state index contributed by atoms with van der Waals surface area (Å²) in [5.74, 6) is -0.135. The maximum atomic E-state index is 11.5. The lowest BCUT2D eigenvalue weighted by Gasteiger charge is -2.04. The Morgan fingerprint density at radius 2 is 2.07 bits per heavy atom. The highest BCUT2D eigenvalue weighted by molar-refractivity contribution is 7.98. The fraction of sp³-hybridized carbons (Fsp3) is 0.182. The van der Waals surface area contributed by atoms with Crippen molar-refractivity contribution in [3.05, 3.63) is 41.4 Å². The number of carbonyl (C=O) groups is 1. The lowest BCUT2D eigenvalue weighted by Crippen LogP contribution is -2.24. The highest BCUT2D eigenvalue weighted by atomic mass is 35.5. The van der Waals surface area contributed by atoms with E-state index in [0.717, 1.165) is 4.90 Å². The van der Waals surface area contributed by atoms with Gasteiger partial charge >= 0.3 is 0 Å². The minimum absolute atomic E-state index is 0.135. The molecule has 0 saturated heterocycles. The predicted octanol–water partition coefficient (Wildman–Crippen LogP) is 2.89. The van der Waals surface area contributed by atoms with Gasteiger partial charge in [-0.15, -0.1) is 11.8 Å². The molecule has 0 fully saturated rings. The Balaban J connectivity index is 2.62. The second-order valence-electron chi connectivity index (χ2n) is 2.93. The quantitative estimate of drug-likeness (QED) is 0.822. The van der Waals surface area contributed by atoms with Crippen LogP contribution in [0, 0.1) is 0 Å². The van der Waals surface area contributed by atoms with Gasteiger partial charge in [-0.3, -0.25) is 4.79 Å². The van der Waals surface area contributed by atoms with Crippen molar-refractivity contribution < 1.29 is 4.79 Å². The van der Waals surface area contributed by atoms with Crippen molar-refractivity contribution >= 4 is 29.3 Å². The average molecular weight is 242 g/mol. The molecule has 0 aliphatic rings. The second-order valence-corrected chi connectivity index (χ2v) is 4.34. The summed E-state index contributed by atoms with van der Waals surface area (Å²) in [5.41, 5.74) is 0.630. The van der Waals surface area contributed by atoms with Crippen molar-refractivity contribution in [2.24, 2.45) is 0 Å². The van der Waals surface area contributed by atoms with E-state index >= 15 is 0 Å². The van der Waals surface area contributed by atoms with Crippen LogP contribution in [0.5, 0.6) is 0 Å². The van der Waals surface area contributed by atoms with Gasteiger partial charge in [0, 0.05) is 15.5 Å². The zero-order valence-electron chi connectivity index (χ0n) is 8.42. The van der Waals surface area contributed by atoms with Crippen LogP contribution in [0.1, 0.15) is 10.4 Å². The monoisotopic (exact) mass is 241 g/mol. The molecular weight excluding hydrogens is 230 g/mol. The molecule has 15 heavy (non-hydrogen) atoms. The Morgan fingerprint density at radius 1 is 1.47 bits per heavy atom. The summed E-state index contributed by atoms with van der Waals surface area (Å²) in [4.78, 5) is 12.7. The Labute approximate surface area is 98.7 Å². The molecule has 1 aromatic rings. The summed E-state index contributed by atoms with van der Waals surface area (Å²) in [6.07, 6.45) is 1.99. The van der Waals surface area contributed by atoms with E-state index in [1.165, 1.54) is 0 Å². The normalized spacial score (nSPS) is 9.73. The Hall–Kier alpha value is -0.930. The Morgan fingerprint density at radius 3 is 2.53 bits per heavy atom. The van der Waals surface area contributed by atoms with Crippen LogP contribution in [-0.4, -0.2) is 18.7 Å². The maximum Gasteiger partial charge on any atom is 0.251 e. The van der Waals surface area contributed by atoms with Gasteiger partial charge in [-0.25, -0.2) is 0 Å². The van der Waals surface area contributed by atoms with Crippen LogP contribution in [0.15, 0.2) is 40.8 Å². The van der Waals surface area contributed by atoms with Gasteiger partial charge in [0.05, 0.1) is 6.54 Å². The first-order valence-electron chi connectivity index (χ1n) is 4.39. The van der Waals surface area contributed by atoms with E-state index in [4.69, 9.17) is 11.6 Å². The van der Waals surface area contributed by atoms with Crippen molar-refractivity contribution in [1.82, 2.24) is 5.32 Å². The molecule has 0 heterocycles. The molecular formula is C11H12ClNOS. The fourth-order valence-corrected chi connectivity index (χ4v) is 1.50. The van der Waals surface area contributed by atoms with E-state index in [1.807, 2.05) is 18.4 Å². The molecule has 1 amide bonds. The van der Waals surface area contributed by atoms with E-state index in [-0.39, 0.29) is 5.91 Å². The number of hydrogen-bond acceptors (Lipinski definition) is 2. The van der Waals surface area contributed by atoms with Gasteiger partial charge < -0.3 is 5.32 Å². The third-order valence-electron chi connectivity index (χ3n) is 1.79. The molecule has 0 atom stereocenters. The number of rotatable bonds is 4.